The number of benzene rings is 2. The number of carbonyl (C=O) groups is 1. The highest BCUT2D eigenvalue weighted by atomic mass is 19.3. The van der Waals surface area contributed by atoms with Gasteiger partial charge in [-0.05, 0) is 24.3 Å². The third-order valence-electron chi connectivity index (χ3n) is 3.69. The number of nitrogens with two attached hydrogens (primary N) is 1. The summed E-state index contributed by atoms with van der Waals surface area (Å²) in [6, 6.07) is 11.5. The maximum Gasteiger partial charge on any atom is 0.284 e. The molecule has 1 heterocycles. The summed E-state index contributed by atoms with van der Waals surface area (Å²) in [6.07, 6.45) is -2.63. The van der Waals surface area contributed by atoms with Crippen molar-refractivity contribution < 1.29 is 18.0 Å². The van der Waals surface area contributed by atoms with E-state index in [1.807, 2.05) is 0 Å². The lowest BCUT2D eigenvalue weighted by Gasteiger charge is -2.10. The smallest absolute Gasteiger partial charge is 0.284 e. The van der Waals surface area contributed by atoms with E-state index < -0.39 is 23.7 Å². The van der Waals surface area contributed by atoms with Crippen LogP contribution in [0.15, 0.2) is 59.4 Å². The lowest BCUT2D eigenvalue weighted by Crippen LogP contribution is -2.30. The van der Waals surface area contributed by atoms with E-state index in [2.05, 4.69) is 5.10 Å². The van der Waals surface area contributed by atoms with Crippen LogP contribution in [-0.4, -0.2) is 15.7 Å². The standard InChI is InChI=1S/C18H12F3N3O2/c19-12-2-1-3-13(8-12)24-18(26)14(17(22)25)9-15(23-24)10-4-6-11(7-5-10)16(20)21/h1-9,16H,(H2,22,25). The highest BCUT2D eigenvalue weighted by Gasteiger charge is 2.16. The van der Waals surface area contributed by atoms with Crippen LogP contribution in [0.5, 0.6) is 0 Å². The van der Waals surface area contributed by atoms with Crippen molar-refractivity contribution in [1.82, 2.24) is 9.78 Å². The minimum Gasteiger partial charge on any atom is -0.365 e. The Morgan fingerprint density at radius 1 is 1.08 bits per heavy atom. The van der Waals surface area contributed by atoms with Crippen molar-refractivity contribution in [1.29, 1.82) is 0 Å². The maximum atomic E-state index is 13.5. The van der Waals surface area contributed by atoms with Gasteiger partial charge in [-0.15, -0.1) is 0 Å². The van der Waals surface area contributed by atoms with E-state index in [4.69, 9.17) is 5.73 Å². The third-order valence-corrected chi connectivity index (χ3v) is 3.69. The summed E-state index contributed by atoms with van der Waals surface area (Å²) < 4.78 is 39.7. The maximum absolute atomic E-state index is 13.5. The molecule has 0 bridgehead atoms. The van der Waals surface area contributed by atoms with Gasteiger partial charge in [0.25, 0.3) is 17.9 Å². The average Bonchev–Trinajstić information content (AvgIpc) is 2.61. The van der Waals surface area contributed by atoms with Crippen LogP contribution in [0, 0.1) is 5.82 Å². The molecule has 3 rings (SSSR count). The second kappa shape index (κ2) is 6.83. The van der Waals surface area contributed by atoms with Crippen LogP contribution in [0.25, 0.3) is 16.9 Å². The predicted molar refractivity (Wildman–Crippen MR) is 88.7 cm³/mol. The summed E-state index contributed by atoms with van der Waals surface area (Å²) >= 11 is 0. The summed E-state index contributed by atoms with van der Waals surface area (Å²) in [5.41, 5.74) is 4.56. The molecule has 0 atom stereocenters. The molecule has 0 spiro atoms. The Morgan fingerprint density at radius 2 is 1.77 bits per heavy atom. The van der Waals surface area contributed by atoms with Gasteiger partial charge < -0.3 is 5.73 Å². The predicted octanol–water partition coefficient (Wildman–Crippen LogP) is 3.08. The first-order chi connectivity index (χ1) is 12.4. The van der Waals surface area contributed by atoms with E-state index >= 15 is 0 Å². The number of alkyl halides is 2. The molecule has 0 aliphatic rings. The van der Waals surface area contributed by atoms with Crippen molar-refractivity contribution in [2.75, 3.05) is 0 Å². The van der Waals surface area contributed by atoms with Crippen LogP contribution in [-0.2, 0) is 0 Å². The molecule has 0 unspecified atom stereocenters. The molecule has 132 valence electrons. The summed E-state index contributed by atoms with van der Waals surface area (Å²) in [5, 5.41) is 4.11. The Hall–Kier alpha value is -3.42. The zero-order valence-electron chi connectivity index (χ0n) is 13.2. The number of primary amides is 1. The summed E-state index contributed by atoms with van der Waals surface area (Å²) in [4.78, 5) is 24.0. The van der Waals surface area contributed by atoms with Crippen LogP contribution in [0.2, 0.25) is 0 Å². The van der Waals surface area contributed by atoms with E-state index in [1.54, 1.807) is 0 Å². The molecule has 0 saturated carbocycles. The van der Waals surface area contributed by atoms with Crippen molar-refractivity contribution in [3.8, 4) is 16.9 Å². The van der Waals surface area contributed by atoms with Crippen LogP contribution in [0.1, 0.15) is 22.3 Å². The van der Waals surface area contributed by atoms with Crippen molar-refractivity contribution in [3.05, 3.63) is 81.9 Å². The van der Waals surface area contributed by atoms with Crippen LogP contribution >= 0.6 is 0 Å². The van der Waals surface area contributed by atoms with Crippen LogP contribution in [0.3, 0.4) is 0 Å². The van der Waals surface area contributed by atoms with Gasteiger partial charge in [0.1, 0.15) is 11.4 Å². The molecule has 0 fully saturated rings. The van der Waals surface area contributed by atoms with Crippen LogP contribution < -0.4 is 11.3 Å². The highest BCUT2D eigenvalue weighted by molar-refractivity contribution is 5.93. The fraction of sp³-hybridized carbons (Fsp3) is 0.0556. The first-order valence-corrected chi connectivity index (χ1v) is 7.45. The Kier molecular flexibility index (Phi) is 4.57. The quantitative estimate of drug-likeness (QED) is 0.778. The van der Waals surface area contributed by atoms with Gasteiger partial charge in [-0.25, -0.2) is 13.2 Å². The molecule has 1 amide bonds. The topological polar surface area (TPSA) is 78.0 Å². The molecule has 2 N–H and O–H groups in total. The number of hydrogen-bond acceptors (Lipinski definition) is 3. The summed E-state index contributed by atoms with van der Waals surface area (Å²) in [7, 11) is 0. The third kappa shape index (κ3) is 3.34. The Morgan fingerprint density at radius 3 is 2.35 bits per heavy atom. The molecule has 5 nitrogen and oxygen atoms in total. The van der Waals surface area contributed by atoms with Gasteiger partial charge in [0.2, 0.25) is 0 Å². The Bertz CT molecular complexity index is 1030. The van der Waals surface area contributed by atoms with Crippen molar-refractivity contribution in [3.63, 3.8) is 0 Å². The fourth-order valence-electron chi connectivity index (χ4n) is 2.39. The number of hydrogen-bond donors (Lipinski definition) is 1. The molecular formula is C18H12F3N3O2. The largest absolute Gasteiger partial charge is 0.365 e. The monoisotopic (exact) mass is 359 g/mol. The van der Waals surface area contributed by atoms with Gasteiger partial charge in [0.05, 0.1) is 11.4 Å². The summed E-state index contributed by atoms with van der Waals surface area (Å²) in [6.45, 7) is 0. The van der Waals surface area contributed by atoms with E-state index in [-0.39, 0.29) is 22.5 Å². The second-order valence-electron chi connectivity index (χ2n) is 5.43. The zero-order chi connectivity index (χ0) is 18.8. The van der Waals surface area contributed by atoms with Gasteiger partial charge in [0, 0.05) is 11.1 Å². The Balaban J connectivity index is 2.20. The number of halogens is 3. The second-order valence-corrected chi connectivity index (χ2v) is 5.43. The normalized spacial score (nSPS) is 10.9. The molecule has 8 heteroatoms. The molecule has 1 aromatic heterocycles. The van der Waals surface area contributed by atoms with Crippen molar-refractivity contribution >= 4 is 5.91 Å². The number of aromatic nitrogens is 2. The molecule has 3 aromatic rings. The van der Waals surface area contributed by atoms with E-state index in [0.717, 1.165) is 10.7 Å². The molecule has 2 aromatic carbocycles. The average molecular weight is 359 g/mol. The van der Waals surface area contributed by atoms with E-state index in [1.165, 1.54) is 48.5 Å². The van der Waals surface area contributed by atoms with Crippen molar-refractivity contribution in [2.24, 2.45) is 5.73 Å². The molecule has 0 radical (unpaired) electrons. The number of amides is 1. The SMILES string of the molecule is NC(=O)c1cc(-c2ccc(C(F)F)cc2)nn(-c2cccc(F)c2)c1=O. The minimum atomic E-state index is -2.63. The lowest BCUT2D eigenvalue weighted by molar-refractivity contribution is 0.0998. The van der Waals surface area contributed by atoms with Crippen LogP contribution in [0.4, 0.5) is 13.2 Å². The van der Waals surface area contributed by atoms with E-state index in [0.29, 0.717) is 5.56 Å². The molecule has 0 aliphatic carbocycles. The van der Waals surface area contributed by atoms with Gasteiger partial charge in [-0.1, -0.05) is 30.3 Å². The van der Waals surface area contributed by atoms with E-state index in [9.17, 15) is 22.8 Å². The number of carbonyl (C=O) groups excluding carboxylic acids is 1. The fourth-order valence-corrected chi connectivity index (χ4v) is 2.39. The van der Waals surface area contributed by atoms with Gasteiger partial charge in [0.15, 0.2) is 0 Å². The van der Waals surface area contributed by atoms with Crippen molar-refractivity contribution in [2.45, 2.75) is 6.43 Å². The Labute approximate surface area is 145 Å². The first-order valence-electron chi connectivity index (χ1n) is 7.45. The molecular weight excluding hydrogens is 347 g/mol. The lowest BCUT2D eigenvalue weighted by atomic mass is 10.1. The molecule has 0 saturated heterocycles. The van der Waals surface area contributed by atoms with Gasteiger partial charge in [-0.2, -0.15) is 9.78 Å². The zero-order valence-corrected chi connectivity index (χ0v) is 13.2. The highest BCUT2D eigenvalue weighted by Crippen LogP contribution is 2.23. The molecule has 0 aliphatic heterocycles. The number of nitrogens with zero attached hydrogens (tertiary/aromatic N) is 2. The van der Waals surface area contributed by atoms with Gasteiger partial charge in [-0.3, -0.25) is 9.59 Å². The molecule has 26 heavy (non-hydrogen) atoms. The van der Waals surface area contributed by atoms with Gasteiger partial charge >= 0.3 is 0 Å². The summed E-state index contributed by atoms with van der Waals surface area (Å²) in [5.74, 6) is -1.57. The first kappa shape index (κ1) is 17.4. The minimum absolute atomic E-state index is 0.101. The number of rotatable bonds is 4.